The lowest BCUT2D eigenvalue weighted by Crippen LogP contribution is -2.22. The molecule has 19 heavy (non-hydrogen) atoms. The maximum Gasteiger partial charge on any atom is 0.215 e. The highest BCUT2D eigenvalue weighted by Crippen LogP contribution is 2.39. The molecule has 2 N–H and O–H groups in total. The predicted octanol–water partition coefficient (Wildman–Crippen LogP) is 1.96. The van der Waals surface area contributed by atoms with Crippen LogP contribution in [0.1, 0.15) is 37.9 Å². The van der Waals surface area contributed by atoms with Gasteiger partial charge in [-0.2, -0.15) is 4.98 Å². The minimum Gasteiger partial charge on any atom is -0.478 e. The van der Waals surface area contributed by atoms with Crippen molar-refractivity contribution >= 4 is 11.2 Å². The number of rotatable bonds is 3. The van der Waals surface area contributed by atoms with Crippen molar-refractivity contribution in [1.82, 2.24) is 20.3 Å². The summed E-state index contributed by atoms with van der Waals surface area (Å²) in [6.07, 6.45) is 3.78. The molecule has 0 aromatic carbocycles. The molecule has 2 aliphatic rings. The first-order valence-electron chi connectivity index (χ1n) is 7.09. The van der Waals surface area contributed by atoms with Crippen molar-refractivity contribution in [3.8, 4) is 5.88 Å². The van der Waals surface area contributed by atoms with E-state index in [1.54, 1.807) is 0 Å². The maximum absolute atomic E-state index is 5.42. The maximum atomic E-state index is 5.42. The van der Waals surface area contributed by atoms with Gasteiger partial charge in [0.2, 0.25) is 5.88 Å². The number of imidazole rings is 1. The third-order valence-electron chi connectivity index (χ3n) is 4.28. The number of aromatic amines is 1. The minimum absolute atomic E-state index is 0.517. The lowest BCUT2D eigenvalue weighted by atomic mass is 9.89. The summed E-state index contributed by atoms with van der Waals surface area (Å²) in [5, 5.41) is 3.65. The van der Waals surface area contributed by atoms with E-state index >= 15 is 0 Å². The summed E-state index contributed by atoms with van der Waals surface area (Å²) in [4.78, 5) is 12.5. The standard InChI is InChI=1S/C14H18N4O/c1-2-19-12-6-5-11-14(17-12)18-13(16-11)9-7-8-3-4-10(9)15-8/h5-6,8-10,15H,2-4,7H2,1H3,(H,16,17,18). The van der Waals surface area contributed by atoms with Crippen LogP contribution < -0.4 is 10.1 Å². The van der Waals surface area contributed by atoms with Crippen molar-refractivity contribution in [2.75, 3.05) is 6.61 Å². The Labute approximate surface area is 111 Å². The molecule has 4 rings (SSSR count). The molecule has 5 heteroatoms. The Hall–Kier alpha value is -1.62. The number of nitrogens with zero attached hydrogens (tertiary/aromatic N) is 2. The van der Waals surface area contributed by atoms with Gasteiger partial charge in [-0.3, -0.25) is 0 Å². The van der Waals surface area contributed by atoms with Gasteiger partial charge in [-0.05, 0) is 32.3 Å². The summed E-state index contributed by atoms with van der Waals surface area (Å²) in [6, 6.07) is 5.18. The zero-order valence-electron chi connectivity index (χ0n) is 11.0. The van der Waals surface area contributed by atoms with E-state index in [0.29, 0.717) is 30.5 Å². The van der Waals surface area contributed by atoms with E-state index in [4.69, 9.17) is 4.74 Å². The van der Waals surface area contributed by atoms with E-state index in [0.717, 1.165) is 17.0 Å². The highest BCUT2D eigenvalue weighted by atomic mass is 16.5. The Morgan fingerprint density at radius 1 is 1.32 bits per heavy atom. The highest BCUT2D eigenvalue weighted by Gasteiger charge is 2.41. The number of H-pyrrole nitrogens is 1. The van der Waals surface area contributed by atoms with Crippen LogP contribution in [-0.4, -0.2) is 33.6 Å². The van der Waals surface area contributed by atoms with Crippen LogP contribution in [0.25, 0.3) is 11.2 Å². The third kappa shape index (κ3) is 1.80. The Balaban J connectivity index is 1.68. The molecular weight excluding hydrogens is 240 g/mol. The predicted molar refractivity (Wildman–Crippen MR) is 72.4 cm³/mol. The van der Waals surface area contributed by atoms with Crippen molar-refractivity contribution < 1.29 is 4.74 Å². The van der Waals surface area contributed by atoms with Crippen LogP contribution in [0.4, 0.5) is 0 Å². The molecule has 0 aliphatic carbocycles. The zero-order valence-corrected chi connectivity index (χ0v) is 11.0. The molecule has 0 saturated carbocycles. The van der Waals surface area contributed by atoms with Gasteiger partial charge in [0, 0.05) is 24.1 Å². The van der Waals surface area contributed by atoms with Crippen molar-refractivity contribution in [3.63, 3.8) is 0 Å². The van der Waals surface area contributed by atoms with E-state index in [-0.39, 0.29) is 0 Å². The van der Waals surface area contributed by atoms with Gasteiger partial charge in [-0.25, -0.2) is 4.98 Å². The number of nitrogens with one attached hydrogen (secondary N) is 2. The average molecular weight is 258 g/mol. The van der Waals surface area contributed by atoms with E-state index in [2.05, 4.69) is 20.3 Å². The second kappa shape index (κ2) is 4.20. The summed E-state index contributed by atoms with van der Waals surface area (Å²) in [5.41, 5.74) is 1.77. The molecule has 2 bridgehead atoms. The quantitative estimate of drug-likeness (QED) is 0.883. The SMILES string of the molecule is CCOc1ccc2[nH]c(C3CC4CCC3N4)nc2n1. The fourth-order valence-corrected chi connectivity index (χ4v) is 3.42. The summed E-state index contributed by atoms with van der Waals surface area (Å²) in [7, 11) is 0. The molecule has 4 heterocycles. The van der Waals surface area contributed by atoms with Crippen LogP contribution >= 0.6 is 0 Å². The minimum atomic E-state index is 0.517. The van der Waals surface area contributed by atoms with Crippen LogP contribution in [0.3, 0.4) is 0 Å². The lowest BCUT2D eigenvalue weighted by Gasteiger charge is -2.17. The van der Waals surface area contributed by atoms with Gasteiger partial charge in [-0.1, -0.05) is 0 Å². The topological polar surface area (TPSA) is 62.8 Å². The first-order valence-corrected chi connectivity index (χ1v) is 7.09. The van der Waals surface area contributed by atoms with Crippen LogP contribution in [0.15, 0.2) is 12.1 Å². The van der Waals surface area contributed by atoms with E-state index < -0.39 is 0 Å². The van der Waals surface area contributed by atoms with E-state index in [1.165, 1.54) is 19.3 Å². The van der Waals surface area contributed by atoms with Gasteiger partial charge in [0.1, 0.15) is 5.82 Å². The van der Waals surface area contributed by atoms with E-state index in [9.17, 15) is 0 Å². The van der Waals surface area contributed by atoms with Crippen molar-refractivity contribution in [3.05, 3.63) is 18.0 Å². The number of ether oxygens (including phenoxy) is 1. The van der Waals surface area contributed by atoms with Gasteiger partial charge < -0.3 is 15.0 Å². The highest BCUT2D eigenvalue weighted by molar-refractivity contribution is 5.71. The summed E-state index contributed by atoms with van der Waals surface area (Å²) in [6.45, 7) is 2.59. The Morgan fingerprint density at radius 2 is 2.26 bits per heavy atom. The molecule has 2 aromatic heterocycles. The van der Waals surface area contributed by atoms with Crippen molar-refractivity contribution in [1.29, 1.82) is 0 Å². The molecule has 0 spiro atoms. The average Bonchev–Trinajstić information content (AvgIpc) is 3.12. The summed E-state index contributed by atoms with van der Waals surface area (Å²) in [5.74, 6) is 2.25. The Kier molecular flexibility index (Phi) is 2.48. The molecule has 2 fully saturated rings. The Bertz CT molecular complexity index is 609. The zero-order chi connectivity index (χ0) is 12.8. The Morgan fingerprint density at radius 3 is 3.00 bits per heavy atom. The monoisotopic (exact) mass is 258 g/mol. The molecular formula is C14H18N4O. The molecule has 5 nitrogen and oxygen atoms in total. The van der Waals surface area contributed by atoms with Crippen molar-refractivity contribution in [2.45, 2.75) is 44.2 Å². The number of fused-ring (bicyclic) bond motifs is 3. The first-order chi connectivity index (χ1) is 9.33. The summed E-state index contributed by atoms with van der Waals surface area (Å²) < 4.78 is 5.42. The molecule has 3 unspecified atom stereocenters. The lowest BCUT2D eigenvalue weighted by molar-refractivity contribution is 0.328. The van der Waals surface area contributed by atoms with Crippen molar-refractivity contribution in [2.24, 2.45) is 0 Å². The molecule has 0 amide bonds. The largest absolute Gasteiger partial charge is 0.478 e. The fraction of sp³-hybridized carbons (Fsp3) is 0.571. The normalized spacial score (nSPS) is 29.2. The fourth-order valence-electron chi connectivity index (χ4n) is 3.42. The second-order valence-corrected chi connectivity index (χ2v) is 5.47. The molecule has 2 aliphatic heterocycles. The molecule has 100 valence electrons. The van der Waals surface area contributed by atoms with Gasteiger partial charge >= 0.3 is 0 Å². The molecule has 2 saturated heterocycles. The van der Waals surface area contributed by atoms with Gasteiger partial charge in [0.15, 0.2) is 5.65 Å². The smallest absolute Gasteiger partial charge is 0.215 e. The second-order valence-electron chi connectivity index (χ2n) is 5.47. The summed E-state index contributed by atoms with van der Waals surface area (Å²) >= 11 is 0. The molecule has 2 aromatic rings. The van der Waals surface area contributed by atoms with Crippen LogP contribution in [0.5, 0.6) is 5.88 Å². The van der Waals surface area contributed by atoms with Crippen LogP contribution in [-0.2, 0) is 0 Å². The number of hydrogen-bond acceptors (Lipinski definition) is 4. The molecule has 0 radical (unpaired) electrons. The number of aromatic nitrogens is 3. The third-order valence-corrected chi connectivity index (χ3v) is 4.28. The van der Waals surface area contributed by atoms with Gasteiger partial charge in [0.05, 0.1) is 12.1 Å². The van der Waals surface area contributed by atoms with Crippen LogP contribution in [0, 0.1) is 0 Å². The van der Waals surface area contributed by atoms with Crippen LogP contribution in [0.2, 0.25) is 0 Å². The van der Waals surface area contributed by atoms with Gasteiger partial charge in [-0.15, -0.1) is 0 Å². The van der Waals surface area contributed by atoms with Gasteiger partial charge in [0.25, 0.3) is 0 Å². The van der Waals surface area contributed by atoms with E-state index in [1.807, 2.05) is 19.1 Å². The first kappa shape index (κ1) is 11.2. The number of pyridine rings is 1. The number of hydrogen-bond donors (Lipinski definition) is 2. The molecule has 3 atom stereocenters.